The van der Waals surface area contributed by atoms with Gasteiger partial charge in [-0.3, -0.25) is 9.52 Å². The molecule has 1 aromatic heterocycles. The molecule has 0 radical (unpaired) electrons. The van der Waals surface area contributed by atoms with Crippen LogP contribution in [-0.4, -0.2) is 27.4 Å². The van der Waals surface area contributed by atoms with Crippen LogP contribution >= 0.6 is 11.3 Å². The first kappa shape index (κ1) is 24.3. The summed E-state index contributed by atoms with van der Waals surface area (Å²) in [5.41, 5.74) is 6.35. The number of rotatable bonds is 6. The van der Waals surface area contributed by atoms with Gasteiger partial charge in [0.1, 0.15) is 5.00 Å². The summed E-state index contributed by atoms with van der Waals surface area (Å²) in [4.78, 5) is 17.0. The Bertz CT molecular complexity index is 1340. The Kier molecular flexibility index (Phi) is 6.73. The van der Waals surface area contributed by atoms with Crippen LogP contribution in [0.2, 0.25) is 0 Å². The first-order valence-electron chi connectivity index (χ1n) is 11.4. The zero-order valence-electron chi connectivity index (χ0n) is 20.3. The molecule has 1 aliphatic rings. The number of carbonyl (C=O) groups excluding carboxylic acids is 1. The Morgan fingerprint density at radius 1 is 0.941 bits per heavy atom. The smallest absolute Gasteiger partial charge is 0.262 e. The van der Waals surface area contributed by atoms with Gasteiger partial charge < -0.3 is 10.2 Å². The van der Waals surface area contributed by atoms with Gasteiger partial charge in [-0.25, -0.2) is 8.42 Å². The zero-order chi connectivity index (χ0) is 24.6. The summed E-state index contributed by atoms with van der Waals surface area (Å²) in [5, 5.41) is 3.44. The minimum atomic E-state index is -3.81. The maximum atomic E-state index is 13.6. The van der Waals surface area contributed by atoms with Crippen LogP contribution in [0.25, 0.3) is 0 Å². The Morgan fingerprint density at radius 3 is 2.24 bits per heavy atom. The van der Waals surface area contributed by atoms with Crippen LogP contribution in [0.3, 0.4) is 0 Å². The Labute approximate surface area is 206 Å². The van der Waals surface area contributed by atoms with E-state index in [1.165, 1.54) is 47.6 Å². The molecule has 3 aromatic rings. The molecule has 180 valence electrons. The number of amides is 1. The normalized spacial score (nSPS) is 13.9. The number of hydrogen-bond donors (Lipinski definition) is 2. The Hall–Kier alpha value is -2.84. The zero-order valence-corrected chi connectivity index (χ0v) is 21.9. The molecule has 0 aliphatic carbocycles. The van der Waals surface area contributed by atoms with Crippen LogP contribution in [0.5, 0.6) is 0 Å². The molecule has 1 aliphatic heterocycles. The number of anilines is 3. The van der Waals surface area contributed by atoms with E-state index >= 15 is 0 Å². The Balaban J connectivity index is 1.69. The van der Waals surface area contributed by atoms with E-state index < -0.39 is 10.0 Å². The second-order valence-electron chi connectivity index (χ2n) is 8.91. The number of nitrogens with one attached hydrogen (secondary N) is 2. The number of hydrogen-bond acceptors (Lipinski definition) is 5. The molecule has 0 saturated carbocycles. The molecule has 0 bridgehead atoms. The van der Waals surface area contributed by atoms with Crippen molar-refractivity contribution in [1.29, 1.82) is 0 Å². The first-order valence-corrected chi connectivity index (χ1v) is 13.7. The maximum Gasteiger partial charge on any atom is 0.262 e. The molecule has 2 heterocycles. The van der Waals surface area contributed by atoms with E-state index in [0.29, 0.717) is 10.6 Å². The molecule has 8 heteroatoms. The lowest BCUT2D eigenvalue weighted by molar-refractivity contribution is 0.102. The maximum absolute atomic E-state index is 13.6. The van der Waals surface area contributed by atoms with Crippen LogP contribution in [0.1, 0.15) is 50.3 Å². The molecular formula is C26H31N3O3S2. The number of aryl methyl sites for hydroxylation is 3. The lowest BCUT2D eigenvalue weighted by Gasteiger charge is -2.26. The minimum absolute atomic E-state index is 0.158. The minimum Gasteiger partial charge on any atom is -0.371 e. The molecule has 4 rings (SSSR count). The van der Waals surface area contributed by atoms with E-state index in [1.54, 1.807) is 18.2 Å². The summed E-state index contributed by atoms with van der Waals surface area (Å²) in [7, 11) is -3.81. The molecule has 34 heavy (non-hydrogen) atoms. The van der Waals surface area contributed by atoms with Crippen molar-refractivity contribution in [2.45, 2.75) is 52.4 Å². The van der Waals surface area contributed by atoms with E-state index in [2.05, 4.69) is 27.9 Å². The van der Waals surface area contributed by atoms with Gasteiger partial charge in [-0.2, -0.15) is 0 Å². The quantitative estimate of drug-likeness (QED) is 0.442. The standard InChI is InChI=1S/C26H31N3O3S2/c1-16-15-17(2)24(29-13-9-10-14-29)19(4)23(16)27-25(30)22-18(3)20(5)33-26(22)28-34(31,32)21-11-7-6-8-12-21/h6-8,11-12,15,28H,9-10,13-14H2,1-5H3,(H,27,30). The lowest BCUT2D eigenvalue weighted by atomic mass is 10.0. The van der Waals surface area contributed by atoms with Crippen LogP contribution in [0.4, 0.5) is 16.4 Å². The Morgan fingerprint density at radius 2 is 1.59 bits per heavy atom. The van der Waals surface area contributed by atoms with Crippen molar-refractivity contribution in [2.75, 3.05) is 28.0 Å². The molecule has 0 spiro atoms. The van der Waals surface area contributed by atoms with Gasteiger partial charge in [-0.1, -0.05) is 24.3 Å². The van der Waals surface area contributed by atoms with Gasteiger partial charge in [0.05, 0.1) is 10.5 Å². The SMILES string of the molecule is Cc1cc(C)c(N2CCCC2)c(C)c1NC(=O)c1c(NS(=O)(=O)c2ccccc2)sc(C)c1C. The van der Waals surface area contributed by atoms with Crippen molar-refractivity contribution in [3.8, 4) is 0 Å². The van der Waals surface area contributed by atoms with Gasteiger partial charge in [0, 0.05) is 29.3 Å². The highest BCUT2D eigenvalue weighted by molar-refractivity contribution is 7.93. The predicted octanol–water partition coefficient (Wildman–Crippen LogP) is 5.94. The van der Waals surface area contributed by atoms with Crippen molar-refractivity contribution >= 4 is 43.6 Å². The average Bonchev–Trinajstić information content (AvgIpc) is 3.40. The summed E-state index contributed by atoms with van der Waals surface area (Å²) in [5.74, 6) is -0.310. The highest BCUT2D eigenvalue weighted by Gasteiger charge is 2.26. The number of thiophene rings is 1. The number of carbonyl (C=O) groups is 1. The van der Waals surface area contributed by atoms with Crippen LogP contribution in [0, 0.1) is 34.6 Å². The van der Waals surface area contributed by atoms with Gasteiger partial charge in [0.2, 0.25) is 0 Å². The first-order chi connectivity index (χ1) is 16.1. The van der Waals surface area contributed by atoms with Gasteiger partial charge in [-0.05, 0) is 81.8 Å². The van der Waals surface area contributed by atoms with Crippen molar-refractivity contribution in [1.82, 2.24) is 0 Å². The molecule has 2 aromatic carbocycles. The van der Waals surface area contributed by atoms with Gasteiger partial charge in [-0.15, -0.1) is 11.3 Å². The van der Waals surface area contributed by atoms with Gasteiger partial charge in [0.15, 0.2) is 0 Å². The van der Waals surface area contributed by atoms with E-state index in [4.69, 9.17) is 0 Å². The molecule has 1 fully saturated rings. The van der Waals surface area contributed by atoms with Crippen LogP contribution in [0.15, 0.2) is 41.3 Å². The second kappa shape index (κ2) is 9.43. The molecule has 6 nitrogen and oxygen atoms in total. The lowest BCUT2D eigenvalue weighted by Crippen LogP contribution is -2.22. The summed E-state index contributed by atoms with van der Waals surface area (Å²) in [6.07, 6.45) is 2.35. The largest absolute Gasteiger partial charge is 0.371 e. The molecular weight excluding hydrogens is 466 g/mol. The molecule has 2 N–H and O–H groups in total. The third kappa shape index (κ3) is 4.57. The predicted molar refractivity (Wildman–Crippen MR) is 141 cm³/mol. The average molecular weight is 498 g/mol. The van der Waals surface area contributed by atoms with Gasteiger partial charge >= 0.3 is 0 Å². The van der Waals surface area contributed by atoms with E-state index in [0.717, 1.165) is 40.3 Å². The third-order valence-corrected chi connectivity index (χ3v) is 9.10. The van der Waals surface area contributed by atoms with Crippen molar-refractivity contribution in [3.63, 3.8) is 0 Å². The van der Waals surface area contributed by atoms with E-state index in [1.807, 2.05) is 27.7 Å². The molecule has 1 saturated heterocycles. The van der Waals surface area contributed by atoms with Crippen LogP contribution in [-0.2, 0) is 10.0 Å². The fourth-order valence-corrected chi connectivity index (χ4v) is 7.11. The second-order valence-corrected chi connectivity index (χ2v) is 11.8. The summed E-state index contributed by atoms with van der Waals surface area (Å²) >= 11 is 1.28. The van der Waals surface area contributed by atoms with Crippen LogP contribution < -0.4 is 14.9 Å². The van der Waals surface area contributed by atoms with Gasteiger partial charge in [0.25, 0.3) is 15.9 Å². The van der Waals surface area contributed by atoms with Crippen molar-refractivity contribution < 1.29 is 13.2 Å². The van der Waals surface area contributed by atoms with E-state index in [9.17, 15) is 13.2 Å². The molecule has 0 unspecified atom stereocenters. The fourth-order valence-electron chi connectivity index (χ4n) is 4.72. The van der Waals surface area contributed by atoms with Crippen molar-refractivity contribution in [3.05, 3.63) is 69.1 Å². The van der Waals surface area contributed by atoms with E-state index in [-0.39, 0.29) is 10.8 Å². The highest BCUT2D eigenvalue weighted by atomic mass is 32.2. The number of sulfonamides is 1. The highest BCUT2D eigenvalue weighted by Crippen LogP contribution is 2.38. The fraction of sp³-hybridized carbons (Fsp3) is 0.346. The molecule has 1 amide bonds. The summed E-state index contributed by atoms with van der Waals surface area (Å²) in [6, 6.07) is 10.3. The topological polar surface area (TPSA) is 78.5 Å². The summed E-state index contributed by atoms with van der Waals surface area (Å²) in [6.45, 7) is 11.9. The number of benzene rings is 2. The summed E-state index contributed by atoms with van der Waals surface area (Å²) < 4.78 is 28.5. The number of nitrogens with zero attached hydrogens (tertiary/aromatic N) is 1. The third-order valence-electron chi connectivity index (χ3n) is 6.48. The molecule has 0 atom stereocenters. The monoisotopic (exact) mass is 497 g/mol. The van der Waals surface area contributed by atoms with Crippen molar-refractivity contribution in [2.24, 2.45) is 0 Å².